The normalized spacial score (nSPS) is 10.8. The van der Waals surface area contributed by atoms with Gasteiger partial charge in [0.2, 0.25) is 0 Å². The van der Waals surface area contributed by atoms with Gasteiger partial charge in [-0.2, -0.15) is 0 Å². The molecule has 3 aromatic carbocycles. The zero-order chi connectivity index (χ0) is 18.0. The van der Waals surface area contributed by atoms with Crippen molar-refractivity contribution >= 4 is 6.08 Å². The highest BCUT2D eigenvalue weighted by atomic mass is 16.5. The van der Waals surface area contributed by atoms with Crippen molar-refractivity contribution in [1.82, 2.24) is 0 Å². The standard InChI is InChI=1S/C23H22O3/c24-15-7-12-19-13-14-22(25-17-20-8-3-1-4-9-20)23(16-19)26-18-21-10-5-2-6-11-21/h1-14,16,24H,15,17-18H2/b12-7+/i12+2. The van der Waals surface area contributed by atoms with Crippen LogP contribution >= 0.6 is 0 Å². The summed E-state index contributed by atoms with van der Waals surface area (Å²) < 4.78 is 12.0. The minimum absolute atomic E-state index is 0.00641. The molecule has 132 valence electrons. The van der Waals surface area contributed by atoms with Gasteiger partial charge >= 0.3 is 0 Å². The second-order valence-corrected chi connectivity index (χ2v) is 5.84. The summed E-state index contributed by atoms with van der Waals surface area (Å²) in [5, 5.41) is 8.97. The Kier molecular flexibility index (Phi) is 6.46. The van der Waals surface area contributed by atoms with E-state index < -0.39 is 0 Å². The monoisotopic (exact) mass is 348 g/mol. The summed E-state index contributed by atoms with van der Waals surface area (Å²) in [5.74, 6) is 1.39. The van der Waals surface area contributed by atoms with E-state index in [-0.39, 0.29) is 6.61 Å². The van der Waals surface area contributed by atoms with Gasteiger partial charge in [0.1, 0.15) is 13.2 Å². The largest absolute Gasteiger partial charge is 0.485 e. The van der Waals surface area contributed by atoms with Gasteiger partial charge in [0.05, 0.1) is 6.61 Å². The van der Waals surface area contributed by atoms with E-state index in [2.05, 4.69) is 0 Å². The van der Waals surface area contributed by atoms with E-state index in [1.54, 1.807) is 6.08 Å². The molecule has 1 N–H and O–H groups in total. The minimum Gasteiger partial charge on any atom is -0.485 e. The Hall–Kier alpha value is -3.04. The molecular formula is C23H22O3. The van der Waals surface area contributed by atoms with Crippen molar-refractivity contribution in [3.05, 3.63) is 102 Å². The Morgan fingerprint density at radius 2 is 1.31 bits per heavy atom. The second kappa shape index (κ2) is 9.44. The molecule has 0 aliphatic carbocycles. The maximum atomic E-state index is 8.97. The van der Waals surface area contributed by atoms with Crippen molar-refractivity contribution in [3.8, 4) is 11.5 Å². The number of hydrogen-bond donors (Lipinski definition) is 1. The number of hydrogen-bond acceptors (Lipinski definition) is 3. The lowest BCUT2D eigenvalue weighted by molar-refractivity contribution is 0.256. The van der Waals surface area contributed by atoms with Gasteiger partial charge in [-0.05, 0) is 28.8 Å². The van der Waals surface area contributed by atoms with Gasteiger partial charge in [0.15, 0.2) is 11.5 Å². The first-order chi connectivity index (χ1) is 12.8. The van der Waals surface area contributed by atoms with Crippen LogP contribution in [-0.2, 0) is 13.2 Å². The molecule has 0 spiro atoms. The third kappa shape index (κ3) is 5.23. The number of rotatable bonds is 8. The summed E-state index contributed by atoms with van der Waals surface area (Å²) in [4.78, 5) is 0. The van der Waals surface area contributed by atoms with E-state index in [0.717, 1.165) is 16.7 Å². The van der Waals surface area contributed by atoms with Crippen LogP contribution in [0.4, 0.5) is 0 Å². The third-order valence-corrected chi connectivity index (χ3v) is 3.86. The van der Waals surface area contributed by atoms with Crippen LogP contribution in [0.1, 0.15) is 16.7 Å². The fourth-order valence-corrected chi connectivity index (χ4v) is 2.52. The molecule has 0 amide bonds. The topological polar surface area (TPSA) is 38.7 Å². The fourth-order valence-electron chi connectivity index (χ4n) is 2.52. The van der Waals surface area contributed by atoms with Crippen molar-refractivity contribution in [2.24, 2.45) is 0 Å². The van der Waals surface area contributed by atoms with Gasteiger partial charge in [-0.15, -0.1) is 0 Å². The SMILES string of the molecule is OC/C=[14CH]/c1ccc(OCc2ccccc2)c(OCc2ccccc2)c1. The van der Waals surface area contributed by atoms with Crippen LogP contribution in [-0.4, -0.2) is 11.7 Å². The first kappa shape index (κ1) is 17.8. The lowest BCUT2D eigenvalue weighted by atomic mass is 10.2. The van der Waals surface area contributed by atoms with Crippen LogP contribution in [0.25, 0.3) is 6.08 Å². The van der Waals surface area contributed by atoms with Gasteiger partial charge in [-0.1, -0.05) is 78.9 Å². The number of aliphatic hydroxyl groups is 1. The Labute approximate surface area is 154 Å². The number of aliphatic hydroxyl groups excluding tert-OH is 1. The van der Waals surface area contributed by atoms with Gasteiger partial charge in [-0.25, -0.2) is 0 Å². The Morgan fingerprint density at radius 1 is 0.731 bits per heavy atom. The summed E-state index contributed by atoms with van der Waals surface area (Å²) in [6.07, 6.45) is 3.55. The zero-order valence-electron chi connectivity index (χ0n) is 14.5. The molecule has 0 saturated heterocycles. The Bertz CT molecular complexity index is 827. The summed E-state index contributed by atoms with van der Waals surface area (Å²) in [5.41, 5.74) is 3.15. The van der Waals surface area contributed by atoms with Gasteiger partial charge < -0.3 is 14.6 Å². The van der Waals surface area contributed by atoms with Crippen molar-refractivity contribution in [2.75, 3.05) is 6.61 Å². The molecular weight excluding hydrogens is 326 g/mol. The van der Waals surface area contributed by atoms with E-state index in [1.807, 2.05) is 84.9 Å². The number of ether oxygens (including phenoxy) is 2. The highest BCUT2D eigenvalue weighted by molar-refractivity contribution is 5.56. The molecule has 0 fully saturated rings. The van der Waals surface area contributed by atoms with E-state index in [1.165, 1.54) is 0 Å². The molecule has 0 aliphatic rings. The molecule has 0 saturated carbocycles. The predicted octanol–water partition coefficient (Wildman–Crippen LogP) is 4.85. The van der Waals surface area contributed by atoms with Crippen LogP contribution < -0.4 is 9.47 Å². The Balaban J connectivity index is 1.76. The maximum Gasteiger partial charge on any atom is 0.162 e. The summed E-state index contributed by atoms with van der Waals surface area (Å²) >= 11 is 0. The number of benzene rings is 3. The lowest BCUT2D eigenvalue weighted by Gasteiger charge is -2.14. The first-order valence-corrected chi connectivity index (χ1v) is 8.60. The second-order valence-electron chi connectivity index (χ2n) is 5.84. The lowest BCUT2D eigenvalue weighted by Crippen LogP contribution is -2.01. The highest BCUT2D eigenvalue weighted by Gasteiger charge is 2.07. The molecule has 3 heteroatoms. The molecule has 0 radical (unpaired) electrons. The zero-order valence-corrected chi connectivity index (χ0v) is 14.5. The van der Waals surface area contributed by atoms with Crippen molar-refractivity contribution in [2.45, 2.75) is 13.2 Å². The van der Waals surface area contributed by atoms with Crippen LogP contribution in [0.15, 0.2) is 84.9 Å². The smallest absolute Gasteiger partial charge is 0.162 e. The maximum absolute atomic E-state index is 8.97. The summed E-state index contributed by atoms with van der Waals surface area (Å²) in [6, 6.07) is 25.8. The highest BCUT2D eigenvalue weighted by Crippen LogP contribution is 2.30. The van der Waals surface area contributed by atoms with Crippen LogP contribution in [0.3, 0.4) is 0 Å². The predicted molar refractivity (Wildman–Crippen MR) is 104 cm³/mol. The van der Waals surface area contributed by atoms with E-state index >= 15 is 0 Å². The van der Waals surface area contributed by atoms with Gasteiger partial charge in [0, 0.05) is 0 Å². The van der Waals surface area contributed by atoms with Crippen molar-refractivity contribution in [1.29, 1.82) is 0 Å². The van der Waals surface area contributed by atoms with E-state index in [0.29, 0.717) is 24.7 Å². The average molecular weight is 348 g/mol. The van der Waals surface area contributed by atoms with Gasteiger partial charge in [-0.3, -0.25) is 0 Å². The van der Waals surface area contributed by atoms with E-state index in [9.17, 15) is 0 Å². The van der Waals surface area contributed by atoms with E-state index in [4.69, 9.17) is 14.6 Å². The molecule has 3 nitrogen and oxygen atoms in total. The Morgan fingerprint density at radius 3 is 1.88 bits per heavy atom. The molecule has 0 heterocycles. The quantitative estimate of drug-likeness (QED) is 0.632. The molecule has 0 unspecified atom stereocenters. The van der Waals surface area contributed by atoms with Gasteiger partial charge in [0.25, 0.3) is 0 Å². The summed E-state index contributed by atoms with van der Waals surface area (Å²) in [7, 11) is 0. The van der Waals surface area contributed by atoms with Crippen LogP contribution in [0.5, 0.6) is 11.5 Å². The molecule has 3 rings (SSSR count). The average Bonchev–Trinajstić information content (AvgIpc) is 2.71. The molecule has 0 bridgehead atoms. The first-order valence-electron chi connectivity index (χ1n) is 8.60. The molecule has 26 heavy (non-hydrogen) atoms. The molecule has 0 aromatic heterocycles. The summed E-state index contributed by atoms with van der Waals surface area (Å²) in [6.45, 7) is 0.955. The minimum atomic E-state index is 0.00641. The molecule has 0 atom stereocenters. The van der Waals surface area contributed by atoms with Crippen LogP contribution in [0, 0.1) is 0 Å². The third-order valence-electron chi connectivity index (χ3n) is 3.86. The fraction of sp³-hybridized carbons (Fsp3) is 0.130. The van der Waals surface area contributed by atoms with Crippen molar-refractivity contribution < 1.29 is 14.6 Å². The van der Waals surface area contributed by atoms with Crippen molar-refractivity contribution in [3.63, 3.8) is 0 Å². The molecule has 0 aliphatic heterocycles. The molecule has 3 aromatic rings. The van der Waals surface area contributed by atoms with Crippen LogP contribution in [0.2, 0.25) is 0 Å².